The third kappa shape index (κ3) is 4.18. The Kier molecular flexibility index (Phi) is 4.61. The number of nitrogens with one attached hydrogen (secondary N) is 2. The molecule has 2 aliphatic carbocycles. The van der Waals surface area contributed by atoms with Crippen molar-refractivity contribution in [3.63, 3.8) is 0 Å². The van der Waals surface area contributed by atoms with Crippen molar-refractivity contribution in [3.8, 4) is 0 Å². The Hall–Kier alpha value is -2.83. The minimum Gasteiger partial charge on any atom is -0.326 e. The van der Waals surface area contributed by atoms with E-state index in [9.17, 15) is 22.8 Å². The van der Waals surface area contributed by atoms with Crippen molar-refractivity contribution in [2.45, 2.75) is 31.4 Å². The minimum absolute atomic E-state index is 0.00645. The van der Waals surface area contributed by atoms with Crippen molar-refractivity contribution >= 4 is 23.2 Å². The average molecular weight is 388 g/mol. The summed E-state index contributed by atoms with van der Waals surface area (Å²) in [6.07, 6.45) is -1.93. The molecule has 2 N–H and O–H groups in total. The van der Waals surface area contributed by atoms with Crippen LogP contribution in [0.3, 0.4) is 0 Å². The number of hydrogen-bond acceptors (Lipinski definition) is 2. The largest absolute Gasteiger partial charge is 0.416 e. The molecule has 0 saturated heterocycles. The molecule has 2 aliphatic rings. The number of rotatable bonds is 5. The molecule has 2 saturated carbocycles. The van der Waals surface area contributed by atoms with Crippen molar-refractivity contribution in [1.29, 1.82) is 0 Å². The maximum atomic E-state index is 12.7. The van der Waals surface area contributed by atoms with Gasteiger partial charge in [0.2, 0.25) is 11.8 Å². The summed E-state index contributed by atoms with van der Waals surface area (Å²) < 4.78 is 38.0. The summed E-state index contributed by atoms with van der Waals surface area (Å²) in [5, 5.41) is 5.66. The molecule has 4 nitrogen and oxygen atoms in total. The molecule has 0 aromatic heterocycles. The standard InChI is InChI=1S/C21H19F3N2O2/c22-21(23,24)14-8-6-12(7-9-14)17-11-18(17)20(28)26-16-3-1-2-15(10-16)25-19(27)13-4-5-13/h1-3,6-10,13,17-18H,4-5,11H2,(H,25,27)(H,26,28). The molecule has 0 heterocycles. The number of benzene rings is 2. The molecule has 0 bridgehead atoms. The first-order chi connectivity index (χ1) is 13.3. The van der Waals surface area contributed by atoms with Crippen LogP contribution in [0.4, 0.5) is 24.5 Å². The first kappa shape index (κ1) is 18.5. The topological polar surface area (TPSA) is 58.2 Å². The second-order valence-corrected chi connectivity index (χ2v) is 7.40. The van der Waals surface area contributed by atoms with Crippen molar-refractivity contribution in [2.75, 3.05) is 10.6 Å². The highest BCUT2D eigenvalue weighted by atomic mass is 19.4. The number of halogens is 3. The Morgan fingerprint density at radius 2 is 1.50 bits per heavy atom. The maximum Gasteiger partial charge on any atom is 0.416 e. The molecule has 2 unspecified atom stereocenters. The van der Waals surface area contributed by atoms with E-state index in [2.05, 4.69) is 10.6 Å². The fraction of sp³-hybridized carbons (Fsp3) is 0.333. The van der Waals surface area contributed by atoms with Gasteiger partial charge >= 0.3 is 6.18 Å². The fourth-order valence-corrected chi connectivity index (χ4v) is 3.27. The molecular formula is C21H19F3N2O2. The third-order valence-corrected chi connectivity index (χ3v) is 5.14. The number of amides is 2. The molecule has 28 heavy (non-hydrogen) atoms. The molecule has 2 fully saturated rings. The first-order valence-electron chi connectivity index (χ1n) is 9.20. The second kappa shape index (κ2) is 6.96. The zero-order valence-corrected chi connectivity index (χ0v) is 14.9. The van der Waals surface area contributed by atoms with Gasteiger partial charge in [0, 0.05) is 23.2 Å². The number of carbonyl (C=O) groups is 2. The summed E-state index contributed by atoms with van der Waals surface area (Å²) in [4.78, 5) is 24.3. The second-order valence-electron chi connectivity index (χ2n) is 7.40. The summed E-state index contributed by atoms with van der Waals surface area (Å²) in [6.45, 7) is 0. The molecule has 0 spiro atoms. The Bertz CT molecular complexity index is 905. The lowest BCUT2D eigenvalue weighted by molar-refractivity contribution is -0.137. The lowest BCUT2D eigenvalue weighted by Gasteiger charge is -2.09. The van der Waals surface area contributed by atoms with Gasteiger partial charge in [0.15, 0.2) is 0 Å². The normalized spacial score (nSPS) is 21.1. The van der Waals surface area contributed by atoms with Crippen molar-refractivity contribution < 1.29 is 22.8 Å². The number of alkyl halides is 3. The smallest absolute Gasteiger partial charge is 0.326 e. The number of hydrogen-bond donors (Lipinski definition) is 2. The minimum atomic E-state index is -4.36. The van der Waals surface area contributed by atoms with Crippen LogP contribution in [-0.4, -0.2) is 11.8 Å². The molecule has 7 heteroatoms. The van der Waals surface area contributed by atoms with Crippen LogP contribution in [0, 0.1) is 11.8 Å². The Labute approximate surface area is 160 Å². The first-order valence-corrected chi connectivity index (χ1v) is 9.20. The number of carbonyl (C=O) groups excluding carboxylic acids is 2. The van der Waals surface area contributed by atoms with E-state index in [-0.39, 0.29) is 29.6 Å². The predicted molar refractivity (Wildman–Crippen MR) is 98.7 cm³/mol. The zero-order valence-electron chi connectivity index (χ0n) is 14.9. The van der Waals surface area contributed by atoms with Gasteiger partial charge in [-0.3, -0.25) is 9.59 Å². The SMILES string of the molecule is O=C(Nc1cccc(NC(=O)C2CC2c2ccc(C(F)(F)F)cc2)c1)C1CC1. The summed E-state index contributed by atoms with van der Waals surface area (Å²) in [6, 6.07) is 11.9. The molecule has 2 amide bonds. The van der Waals surface area contributed by atoms with E-state index in [1.165, 1.54) is 12.1 Å². The summed E-state index contributed by atoms with van der Waals surface area (Å²) in [7, 11) is 0. The van der Waals surface area contributed by atoms with Gasteiger partial charge in [-0.2, -0.15) is 13.2 Å². The van der Waals surface area contributed by atoms with E-state index in [1.54, 1.807) is 24.3 Å². The Morgan fingerprint density at radius 1 is 0.893 bits per heavy atom. The fourth-order valence-electron chi connectivity index (χ4n) is 3.27. The maximum absolute atomic E-state index is 12.7. The molecular weight excluding hydrogens is 369 g/mol. The van der Waals surface area contributed by atoms with Crippen LogP contribution in [0.25, 0.3) is 0 Å². The van der Waals surface area contributed by atoms with Crippen LogP contribution < -0.4 is 10.6 Å². The molecule has 0 radical (unpaired) electrons. The Morgan fingerprint density at radius 3 is 2.07 bits per heavy atom. The van der Waals surface area contributed by atoms with Crippen LogP contribution in [0.2, 0.25) is 0 Å². The van der Waals surface area contributed by atoms with E-state index in [4.69, 9.17) is 0 Å². The average Bonchev–Trinajstić information content (AvgIpc) is 3.55. The van der Waals surface area contributed by atoms with E-state index in [1.807, 2.05) is 0 Å². The van der Waals surface area contributed by atoms with Crippen molar-refractivity contribution in [1.82, 2.24) is 0 Å². The summed E-state index contributed by atoms with van der Waals surface area (Å²) in [5.41, 5.74) is 1.25. The van der Waals surface area contributed by atoms with E-state index in [0.717, 1.165) is 30.5 Å². The molecule has 2 aromatic rings. The monoisotopic (exact) mass is 388 g/mol. The van der Waals surface area contributed by atoms with Gasteiger partial charge in [-0.05, 0) is 61.1 Å². The van der Waals surface area contributed by atoms with E-state index >= 15 is 0 Å². The molecule has 146 valence electrons. The number of anilines is 2. The molecule has 2 atom stereocenters. The van der Waals surface area contributed by atoms with Gasteiger partial charge < -0.3 is 10.6 Å². The van der Waals surface area contributed by atoms with Gasteiger partial charge in [-0.15, -0.1) is 0 Å². The van der Waals surface area contributed by atoms with Gasteiger partial charge in [-0.1, -0.05) is 18.2 Å². The molecule has 4 rings (SSSR count). The van der Waals surface area contributed by atoms with Crippen LogP contribution in [0.15, 0.2) is 48.5 Å². The zero-order chi connectivity index (χ0) is 19.9. The van der Waals surface area contributed by atoms with Gasteiger partial charge in [-0.25, -0.2) is 0 Å². The van der Waals surface area contributed by atoms with E-state index in [0.29, 0.717) is 17.8 Å². The summed E-state index contributed by atoms with van der Waals surface area (Å²) >= 11 is 0. The summed E-state index contributed by atoms with van der Waals surface area (Å²) in [5.74, 6) is -0.417. The van der Waals surface area contributed by atoms with Crippen LogP contribution in [-0.2, 0) is 15.8 Å². The molecule has 0 aliphatic heterocycles. The lowest BCUT2D eigenvalue weighted by Crippen LogP contribution is -2.16. The van der Waals surface area contributed by atoms with Gasteiger partial charge in [0.1, 0.15) is 0 Å². The molecule has 2 aromatic carbocycles. The highest BCUT2D eigenvalue weighted by molar-refractivity contribution is 5.97. The van der Waals surface area contributed by atoms with Crippen LogP contribution in [0.5, 0.6) is 0 Å². The quantitative estimate of drug-likeness (QED) is 0.773. The Balaban J connectivity index is 1.35. The van der Waals surface area contributed by atoms with Crippen molar-refractivity contribution in [2.24, 2.45) is 11.8 Å². The highest BCUT2D eigenvalue weighted by Crippen LogP contribution is 2.48. The van der Waals surface area contributed by atoms with Gasteiger partial charge in [0.05, 0.1) is 5.56 Å². The van der Waals surface area contributed by atoms with Crippen LogP contribution >= 0.6 is 0 Å². The van der Waals surface area contributed by atoms with E-state index < -0.39 is 11.7 Å². The highest BCUT2D eigenvalue weighted by Gasteiger charge is 2.44. The van der Waals surface area contributed by atoms with Crippen molar-refractivity contribution in [3.05, 3.63) is 59.7 Å². The predicted octanol–water partition coefficient (Wildman–Crippen LogP) is 4.80. The lowest BCUT2D eigenvalue weighted by atomic mass is 10.1. The third-order valence-electron chi connectivity index (χ3n) is 5.14. The van der Waals surface area contributed by atoms with Gasteiger partial charge in [0.25, 0.3) is 0 Å². The van der Waals surface area contributed by atoms with Crippen LogP contribution in [0.1, 0.15) is 36.3 Å².